The number of guanidine groups is 1. The SMILES string of the molecule is CCNC(=NCC(C)(C)c1ccc2c(c1)OCO2)N(C)Cc1csc(C)n1. The number of thiazole rings is 1. The first-order valence-electron chi connectivity index (χ1n) is 9.19. The summed E-state index contributed by atoms with van der Waals surface area (Å²) in [7, 11) is 2.05. The molecular formula is C20H28N4O2S. The molecule has 0 saturated carbocycles. The van der Waals surface area contributed by atoms with Gasteiger partial charge in [0.05, 0.1) is 23.8 Å². The predicted molar refractivity (Wildman–Crippen MR) is 110 cm³/mol. The van der Waals surface area contributed by atoms with Crippen molar-refractivity contribution in [3.05, 3.63) is 39.8 Å². The first-order valence-corrected chi connectivity index (χ1v) is 10.1. The van der Waals surface area contributed by atoms with Gasteiger partial charge in [0, 0.05) is 24.4 Å². The van der Waals surface area contributed by atoms with Crippen LogP contribution < -0.4 is 14.8 Å². The topological polar surface area (TPSA) is 59.0 Å². The molecule has 0 aliphatic carbocycles. The molecule has 1 aromatic heterocycles. The highest BCUT2D eigenvalue weighted by Crippen LogP contribution is 2.36. The summed E-state index contributed by atoms with van der Waals surface area (Å²) in [5, 5.41) is 6.57. The Kier molecular flexibility index (Phi) is 5.89. The molecule has 0 fully saturated rings. The number of benzene rings is 1. The van der Waals surface area contributed by atoms with E-state index in [4.69, 9.17) is 14.5 Å². The normalized spacial score (nSPS) is 13.7. The fourth-order valence-corrected chi connectivity index (χ4v) is 3.55. The van der Waals surface area contributed by atoms with E-state index in [0.29, 0.717) is 13.3 Å². The van der Waals surface area contributed by atoms with E-state index in [9.17, 15) is 0 Å². The summed E-state index contributed by atoms with van der Waals surface area (Å²) < 4.78 is 10.9. The second-order valence-corrected chi connectivity index (χ2v) is 8.40. The molecule has 2 aromatic rings. The molecule has 0 saturated heterocycles. The quantitative estimate of drug-likeness (QED) is 0.606. The number of fused-ring (bicyclic) bond motifs is 1. The minimum Gasteiger partial charge on any atom is -0.454 e. The zero-order valence-electron chi connectivity index (χ0n) is 16.7. The van der Waals surface area contributed by atoms with E-state index < -0.39 is 0 Å². The van der Waals surface area contributed by atoms with Crippen LogP contribution in [0.25, 0.3) is 0 Å². The molecule has 0 atom stereocenters. The molecule has 0 spiro atoms. The van der Waals surface area contributed by atoms with Crippen molar-refractivity contribution in [2.45, 2.75) is 39.7 Å². The van der Waals surface area contributed by atoms with Gasteiger partial charge in [-0.15, -0.1) is 11.3 Å². The Morgan fingerprint density at radius 1 is 1.33 bits per heavy atom. The van der Waals surface area contributed by atoms with Crippen molar-refractivity contribution in [2.75, 3.05) is 26.9 Å². The van der Waals surface area contributed by atoms with Crippen molar-refractivity contribution < 1.29 is 9.47 Å². The molecule has 1 aliphatic rings. The lowest BCUT2D eigenvalue weighted by Gasteiger charge is -2.26. The second-order valence-electron chi connectivity index (χ2n) is 7.34. The first kappa shape index (κ1) is 19.5. The molecule has 0 bridgehead atoms. The third-order valence-electron chi connectivity index (χ3n) is 4.54. The lowest BCUT2D eigenvalue weighted by Crippen LogP contribution is -2.39. The maximum Gasteiger partial charge on any atom is 0.231 e. The summed E-state index contributed by atoms with van der Waals surface area (Å²) in [6.45, 7) is 11.0. The Morgan fingerprint density at radius 2 is 2.11 bits per heavy atom. The van der Waals surface area contributed by atoms with E-state index >= 15 is 0 Å². The molecular weight excluding hydrogens is 360 g/mol. The Labute approximate surface area is 165 Å². The molecule has 1 aliphatic heterocycles. The summed E-state index contributed by atoms with van der Waals surface area (Å²) in [6, 6.07) is 6.13. The monoisotopic (exact) mass is 388 g/mol. The molecule has 3 rings (SSSR count). The van der Waals surface area contributed by atoms with Crippen LogP contribution in [0.2, 0.25) is 0 Å². The molecule has 2 heterocycles. The van der Waals surface area contributed by atoms with Crippen LogP contribution in [0.5, 0.6) is 11.5 Å². The number of hydrogen-bond donors (Lipinski definition) is 1. The van der Waals surface area contributed by atoms with Gasteiger partial charge in [0.15, 0.2) is 17.5 Å². The summed E-state index contributed by atoms with van der Waals surface area (Å²) in [5.74, 6) is 2.51. The fraction of sp³-hybridized carbons (Fsp3) is 0.500. The van der Waals surface area contributed by atoms with E-state index in [1.165, 1.54) is 5.56 Å². The molecule has 6 nitrogen and oxygen atoms in total. The Balaban J connectivity index is 1.72. The van der Waals surface area contributed by atoms with Gasteiger partial charge in [0.2, 0.25) is 6.79 Å². The Hall–Kier alpha value is -2.28. The molecule has 0 unspecified atom stereocenters. The fourth-order valence-electron chi connectivity index (χ4n) is 2.95. The van der Waals surface area contributed by atoms with Crippen molar-refractivity contribution in [1.29, 1.82) is 0 Å². The third-order valence-corrected chi connectivity index (χ3v) is 5.36. The van der Waals surface area contributed by atoms with Crippen molar-refractivity contribution in [3.63, 3.8) is 0 Å². The van der Waals surface area contributed by atoms with Crippen LogP contribution in [0, 0.1) is 6.92 Å². The summed E-state index contributed by atoms with van der Waals surface area (Å²) in [6.07, 6.45) is 0. The second kappa shape index (κ2) is 8.17. The average Bonchev–Trinajstić information content (AvgIpc) is 3.26. The van der Waals surface area contributed by atoms with Crippen LogP contribution in [0.15, 0.2) is 28.6 Å². The average molecular weight is 389 g/mol. The number of rotatable bonds is 6. The first-order chi connectivity index (χ1) is 12.9. The lowest BCUT2D eigenvalue weighted by molar-refractivity contribution is 0.174. The Morgan fingerprint density at radius 3 is 2.81 bits per heavy atom. The highest BCUT2D eigenvalue weighted by molar-refractivity contribution is 7.09. The molecule has 7 heteroatoms. The minimum absolute atomic E-state index is 0.125. The van der Waals surface area contributed by atoms with Crippen LogP contribution in [0.3, 0.4) is 0 Å². The molecule has 1 aromatic carbocycles. The van der Waals surface area contributed by atoms with Crippen LogP contribution in [-0.4, -0.2) is 42.8 Å². The van der Waals surface area contributed by atoms with Crippen LogP contribution in [0.4, 0.5) is 0 Å². The predicted octanol–water partition coefficient (Wildman–Crippen LogP) is 3.56. The van der Waals surface area contributed by atoms with Crippen molar-refractivity contribution >= 4 is 17.3 Å². The minimum atomic E-state index is -0.125. The maximum absolute atomic E-state index is 5.52. The number of ether oxygens (including phenoxy) is 2. The zero-order valence-corrected chi connectivity index (χ0v) is 17.5. The van der Waals surface area contributed by atoms with E-state index in [0.717, 1.165) is 41.2 Å². The highest BCUT2D eigenvalue weighted by Gasteiger charge is 2.24. The number of aromatic nitrogens is 1. The van der Waals surface area contributed by atoms with Crippen LogP contribution in [-0.2, 0) is 12.0 Å². The van der Waals surface area contributed by atoms with Crippen molar-refractivity contribution in [2.24, 2.45) is 4.99 Å². The third kappa shape index (κ3) is 4.71. The van der Waals surface area contributed by atoms with Gasteiger partial charge in [0.1, 0.15) is 0 Å². The van der Waals surface area contributed by atoms with Crippen LogP contribution >= 0.6 is 11.3 Å². The van der Waals surface area contributed by atoms with E-state index in [1.807, 2.05) is 20.0 Å². The van der Waals surface area contributed by atoms with Gasteiger partial charge < -0.3 is 19.7 Å². The van der Waals surface area contributed by atoms with Crippen LogP contribution in [0.1, 0.15) is 37.0 Å². The van der Waals surface area contributed by atoms with Gasteiger partial charge in [-0.3, -0.25) is 4.99 Å². The van der Waals surface area contributed by atoms with Gasteiger partial charge in [0.25, 0.3) is 0 Å². The van der Waals surface area contributed by atoms with E-state index in [1.54, 1.807) is 11.3 Å². The zero-order chi connectivity index (χ0) is 19.4. The smallest absolute Gasteiger partial charge is 0.231 e. The van der Waals surface area contributed by atoms with Gasteiger partial charge in [-0.1, -0.05) is 19.9 Å². The van der Waals surface area contributed by atoms with Crippen molar-refractivity contribution in [3.8, 4) is 11.5 Å². The number of nitrogens with zero attached hydrogens (tertiary/aromatic N) is 3. The highest BCUT2D eigenvalue weighted by atomic mass is 32.1. The Bertz CT molecular complexity index is 816. The van der Waals surface area contributed by atoms with Gasteiger partial charge in [-0.25, -0.2) is 4.98 Å². The van der Waals surface area contributed by atoms with Crippen molar-refractivity contribution in [1.82, 2.24) is 15.2 Å². The summed E-state index contributed by atoms with van der Waals surface area (Å²) in [5.41, 5.74) is 2.13. The van der Waals surface area contributed by atoms with Gasteiger partial charge in [-0.05, 0) is 31.5 Å². The maximum atomic E-state index is 5.52. The molecule has 0 amide bonds. The number of aliphatic imine (C=N–C) groups is 1. The standard InChI is InChI=1S/C20H28N4O2S/c1-6-21-19(24(5)10-16-11-27-14(2)23-16)22-12-20(3,4)15-7-8-17-18(9-15)26-13-25-17/h7-9,11H,6,10,12-13H2,1-5H3,(H,21,22). The summed E-state index contributed by atoms with van der Waals surface area (Å²) >= 11 is 1.68. The molecule has 146 valence electrons. The molecule has 0 radical (unpaired) electrons. The molecule has 27 heavy (non-hydrogen) atoms. The summed E-state index contributed by atoms with van der Waals surface area (Å²) in [4.78, 5) is 11.6. The van der Waals surface area contributed by atoms with Gasteiger partial charge >= 0.3 is 0 Å². The number of hydrogen-bond acceptors (Lipinski definition) is 5. The van der Waals surface area contributed by atoms with Gasteiger partial charge in [-0.2, -0.15) is 0 Å². The number of nitrogens with one attached hydrogen (secondary N) is 1. The largest absolute Gasteiger partial charge is 0.454 e. The van der Waals surface area contributed by atoms with E-state index in [-0.39, 0.29) is 5.41 Å². The van der Waals surface area contributed by atoms with E-state index in [2.05, 4.69) is 53.5 Å². The lowest BCUT2D eigenvalue weighted by atomic mass is 9.84. The number of aryl methyl sites for hydroxylation is 1. The molecule has 1 N–H and O–H groups in total.